The van der Waals surface area contributed by atoms with Crippen LogP contribution < -0.4 is 5.73 Å². The normalized spacial score (nSPS) is 30.7. The van der Waals surface area contributed by atoms with Gasteiger partial charge in [0.1, 0.15) is 22.8 Å². The monoisotopic (exact) mass is 520 g/mol. The van der Waals surface area contributed by atoms with Crippen LogP contribution in [-0.4, -0.2) is 73.6 Å². The number of phenolic OH excluding ortho intramolecular Hbond substituents is 1. The number of hydrogen-bond donors (Lipinski definition) is 6. The molecule has 3 aliphatic rings. The van der Waals surface area contributed by atoms with Crippen LogP contribution in [0.4, 0.5) is 0 Å². The molecule has 0 saturated heterocycles. The molecular weight excluding hydrogens is 492 g/mol. The van der Waals surface area contributed by atoms with Gasteiger partial charge >= 0.3 is 0 Å². The molecule has 0 spiro atoms. The number of Topliss-reactive ketones (excluding diaryl/α,β-unsaturated/α-hetero) is 2. The first-order chi connectivity index (χ1) is 17.8. The lowest BCUT2D eigenvalue weighted by atomic mass is 9.55. The van der Waals surface area contributed by atoms with Crippen LogP contribution in [0, 0.1) is 11.8 Å². The Morgan fingerprint density at radius 2 is 1.63 bits per heavy atom. The fraction of sp³-hybridized carbons (Fsp3) is 0.321. The zero-order valence-electron chi connectivity index (χ0n) is 21.0. The van der Waals surface area contributed by atoms with Crippen LogP contribution in [0.2, 0.25) is 0 Å². The molecule has 0 unspecified atom stereocenters. The zero-order chi connectivity index (χ0) is 27.9. The van der Waals surface area contributed by atoms with E-state index in [4.69, 9.17) is 5.73 Å². The van der Waals surface area contributed by atoms with E-state index in [2.05, 4.69) is 0 Å². The average molecular weight is 521 g/mol. The first kappa shape index (κ1) is 25.7. The number of hydrogen-bond acceptors (Lipinski definition) is 9. The number of nitrogens with zero attached hydrogens (tertiary/aromatic N) is 1. The van der Waals surface area contributed by atoms with E-state index in [-0.39, 0.29) is 17.5 Å². The van der Waals surface area contributed by atoms with E-state index in [1.807, 2.05) is 6.07 Å². The summed E-state index contributed by atoms with van der Waals surface area (Å²) < 4.78 is 0. The molecule has 0 aliphatic heterocycles. The number of aliphatic hydroxyl groups excluding tert-OH is 2. The van der Waals surface area contributed by atoms with Gasteiger partial charge in [0.2, 0.25) is 0 Å². The van der Waals surface area contributed by atoms with Gasteiger partial charge in [-0.25, -0.2) is 0 Å². The van der Waals surface area contributed by atoms with Crippen LogP contribution in [-0.2, 0) is 15.2 Å². The molecule has 2 aromatic rings. The van der Waals surface area contributed by atoms with Gasteiger partial charge in [-0.3, -0.25) is 19.3 Å². The largest absolute Gasteiger partial charge is 0.508 e. The molecule has 5 atom stereocenters. The predicted octanol–water partition coefficient (Wildman–Crippen LogP) is 1.45. The van der Waals surface area contributed by atoms with Gasteiger partial charge in [0, 0.05) is 23.0 Å². The van der Waals surface area contributed by atoms with E-state index in [0.717, 1.165) is 0 Å². The number of aromatic hydroxyl groups is 1. The minimum absolute atomic E-state index is 0.141. The van der Waals surface area contributed by atoms with Crippen molar-refractivity contribution in [2.45, 2.75) is 30.6 Å². The second-order valence-corrected chi connectivity index (χ2v) is 10.5. The van der Waals surface area contributed by atoms with E-state index in [0.29, 0.717) is 11.1 Å². The number of benzene rings is 2. The summed E-state index contributed by atoms with van der Waals surface area (Å²) in [5, 5.41) is 57.0. The van der Waals surface area contributed by atoms with Gasteiger partial charge in [-0.05, 0) is 44.6 Å². The third-order valence-corrected chi connectivity index (χ3v) is 8.21. The molecular formula is C28H28N2O8. The van der Waals surface area contributed by atoms with E-state index in [1.165, 1.54) is 32.0 Å². The van der Waals surface area contributed by atoms with Crippen molar-refractivity contribution in [1.82, 2.24) is 4.90 Å². The third-order valence-electron chi connectivity index (χ3n) is 8.21. The minimum atomic E-state index is -2.71. The Balaban J connectivity index is 1.84. The number of likely N-dealkylation sites (N-methyl/N-ethyl adjacent to an activating group) is 1. The highest BCUT2D eigenvalue weighted by Gasteiger charge is 2.65. The molecule has 7 N–H and O–H groups in total. The molecule has 10 nitrogen and oxygen atoms in total. The summed E-state index contributed by atoms with van der Waals surface area (Å²) >= 11 is 0. The molecule has 38 heavy (non-hydrogen) atoms. The molecule has 0 heterocycles. The van der Waals surface area contributed by atoms with Crippen LogP contribution in [0.5, 0.6) is 5.75 Å². The number of fused-ring (bicyclic) bond motifs is 3. The van der Waals surface area contributed by atoms with Crippen molar-refractivity contribution >= 4 is 17.5 Å². The van der Waals surface area contributed by atoms with Crippen molar-refractivity contribution in [2.75, 3.05) is 14.1 Å². The summed E-state index contributed by atoms with van der Waals surface area (Å²) in [6.07, 6.45) is -0.233. The molecule has 0 fully saturated rings. The van der Waals surface area contributed by atoms with Crippen LogP contribution in [0.3, 0.4) is 0 Å². The summed E-state index contributed by atoms with van der Waals surface area (Å²) in [6, 6.07) is 10.6. The number of primary amides is 1. The van der Waals surface area contributed by atoms with Crippen molar-refractivity contribution in [3.05, 3.63) is 76.3 Å². The number of ketones is 2. The molecule has 0 saturated carbocycles. The first-order valence-corrected chi connectivity index (χ1v) is 12.0. The second-order valence-electron chi connectivity index (χ2n) is 10.5. The smallest absolute Gasteiger partial charge is 0.255 e. The van der Waals surface area contributed by atoms with E-state index < -0.39 is 75.0 Å². The average Bonchev–Trinajstić information content (AvgIpc) is 2.84. The summed E-state index contributed by atoms with van der Waals surface area (Å²) in [5.74, 6) is -8.02. The topological polar surface area (TPSA) is 182 Å². The third kappa shape index (κ3) is 3.14. The number of carbonyl (C=O) groups excluding carboxylic acids is 3. The highest BCUT2D eigenvalue weighted by Crippen LogP contribution is 2.58. The van der Waals surface area contributed by atoms with Crippen LogP contribution in [0.15, 0.2) is 65.1 Å². The molecule has 0 radical (unpaired) electrons. The summed E-state index contributed by atoms with van der Waals surface area (Å²) in [4.78, 5) is 40.7. The lowest BCUT2D eigenvalue weighted by Crippen LogP contribution is -2.64. The SMILES string of the molecule is CN(C)[C@@H]1C(=O)C(C(N)=O)=C(O)[C@@]2(O)C(O)=C3C(=O)c4c(O)ccc(-c5ccccc5)c4[C@](C)(O)[C@H]3C[C@@H]12. The van der Waals surface area contributed by atoms with Crippen molar-refractivity contribution < 1.29 is 39.9 Å². The summed E-state index contributed by atoms with van der Waals surface area (Å²) in [5.41, 5.74) is 0.497. The van der Waals surface area contributed by atoms with Gasteiger partial charge in [-0.2, -0.15) is 0 Å². The maximum Gasteiger partial charge on any atom is 0.255 e. The number of rotatable bonds is 3. The molecule has 5 rings (SSSR count). The fourth-order valence-corrected chi connectivity index (χ4v) is 6.49. The molecule has 198 valence electrons. The summed E-state index contributed by atoms with van der Waals surface area (Å²) in [7, 11) is 3.04. The Bertz CT molecular complexity index is 1470. The number of amides is 1. The maximum absolute atomic E-state index is 13.9. The van der Waals surface area contributed by atoms with Crippen molar-refractivity contribution in [1.29, 1.82) is 0 Å². The Morgan fingerprint density at radius 3 is 2.21 bits per heavy atom. The summed E-state index contributed by atoms with van der Waals surface area (Å²) in [6.45, 7) is 1.44. The quantitative estimate of drug-likeness (QED) is 0.326. The van der Waals surface area contributed by atoms with Crippen molar-refractivity contribution in [3.63, 3.8) is 0 Å². The number of aliphatic hydroxyl groups is 4. The minimum Gasteiger partial charge on any atom is -0.508 e. The molecule has 10 heteroatoms. The lowest BCUT2D eigenvalue weighted by Gasteiger charge is -2.53. The molecule has 0 aromatic heterocycles. The Labute approximate surface area is 217 Å². The molecule has 1 amide bonds. The van der Waals surface area contributed by atoms with Gasteiger partial charge in [-0.15, -0.1) is 0 Å². The highest BCUT2D eigenvalue weighted by atomic mass is 16.4. The van der Waals surface area contributed by atoms with E-state index in [1.54, 1.807) is 30.3 Å². The highest BCUT2D eigenvalue weighted by molar-refractivity contribution is 6.22. The predicted molar refractivity (Wildman–Crippen MR) is 135 cm³/mol. The van der Waals surface area contributed by atoms with Gasteiger partial charge in [0.15, 0.2) is 17.2 Å². The van der Waals surface area contributed by atoms with E-state index >= 15 is 0 Å². The standard InChI is InChI=1S/C28H28N2O8/c1-27(37)14-11-15-21(30(2)3)23(33)19(26(29)36)25(35)28(15,38)24(34)17(14)22(32)18-16(31)10-9-13(20(18)27)12-7-5-4-6-8-12/h4-10,14-15,21,31,34-35,37-38H,11H2,1-3H3,(H2,29,36)/t14-,15-,21-,27+,28-/m0/s1. The number of phenols is 1. The number of carbonyl (C=O) groups is 3. The van der Waals surface area contributed by atoms with Crippen LogP contribution in [0.25, 0.3) is 11.1 Å². The van der Waals surface area contributed by atoms with Gasteiger partial charge < -0.3 is 31.3 Å². The van der Waals surface area contributed by atoms with Crippen molar-refractivity contribution in [2.24, 2.45) is 17.6 Å². The Morgan fingerprint density at radius 1 is 1.00 bits per heavy atom. The zero-order valence-corrected chi connectivity index (χ0v) is 21.0. The van der Waals surface area contributed by atoms with Crippen molar-refractivity contribution in [3.8, 4) is 16.9 Å². The molecule has 0 bridgehead atoms. The van der Waals surface area contributed by atoms with Gasteiger partial charge in [0.05, 0.1) is 17.2 Å². The second kappa shape index (κ2) is 8.26. The van der Waals surface area contributed by atoms with Gasteiger partial charge in [-0.1, -0.05) is 36.4 Å². The van der Waals surface area contributed by atoms with Crippen LogP contribution in [0.1, 0.15) is 29.3 Å². The molecule has 3 aliphatic carbocycles. The Hall–Kier alpha value is -3.99. The molecule has 2 aromatic carbocycles. The van der Waals surface area contributed by atoms with Gasteiger partial charge in [0.25, 0.3) is 5.91 Å². The number of nitrogens with two attached hydrogens (primary N) is 1. The first-order valence-electron chi connectivity index (χ1n) is 12.0. The maximum atomic E-state index is 13.9. The van der Waals surface area contributed by atoms with E-state index in [9.17, 15) is 39.9 Å². The lowest BCUT2D eigenvalue weighted by molar-refractivity contribution is -0.139. The fourth-order valence-electron chi connectivity index (χ4n) is 6.49. The Kier molecular flexibility index (Phi) is 5.57. The van der Waals surface area contributed by atoms with Crippen LogP contribution >= 0.6 is 0 Å².